The molecule has 0 N–H and O–H groups in total. The van der Waals surface area contributed by atoms with Gasteiger partial charge in [0.1, 0.15) is 5.78 Å². The molecule has 3 nitrogen and oxygen atoms in total. The van der Waals surface area contributed by atoms with E-state index in [4.69, 9.17) is 0 Å². The molecular weight excluding hydrogens is 204 g/mol. The maximum absolute atomic E-state index is 11.2. The quantitative estimate of drug-likeness (QED) is 0.731. The summed E-state index contributed by atoms with van der Waals surface area (Å²) in [6.45, 7) is 3.49. The Kier molecular flexibility index (Phi) is 4.23. The minimum atomic E-state index is -0.342. The summed E-state index contributed by atoms with van der Waals surface area (Å²) in [6, 6.07) is 7.14. The summed E-state index contributed by atoms with van der Waals surface area (Å²) < 4.78 is 4.60. The molecule has 16 heavy (non-hydrogen) atoms. The second kappa shape index (κ2) is 5.45. The lowest BCUT2D eigenvalue weighted by atomic mass is 9.97. The number of carbonyl (C=O) groups excluding carboxylic acids is 2. The number of ether oxygens (including phenoxy) is 1. The fourth-order valence-electron chi connectivity index (χ4n) is 1.39. The minimum Gasteiger partial charge on any atom is -0.465 e. The second-order valence-corrected chi connectivity index (χ2v) is 3.90. The van der Waals surface area contributed by atoms with Gasteiger partial charge in [-0.1, -0.05) is 19.1 Å². The summed E-state index contributed by atoms with van der Waals surface area (Å²) in [4.78, 5) is 22.3. The lowest BCUT2D eigenvalue weighted by Crippen LogP contribution is -2.09. The number of Topliss-reactive ketones (excluding diaryl/α,β-unsaturated/α-hetero) is 1. The zero-order valence-electron chi connectivity index (χ0n) is 9.82. The first kappa shape index (κ1) is 12.4. The molecule has 1 unspecified atom stereocenters. The van der Waals surface area contributed by atoms with Crippen LogP contribution in [0, 0.1) is 5.92 Å². The van der Waals surface area contributed by atoms with E-state index >= 15 is 0 Å². The zero-order valence-corrected chi connectivity index (χ0v) is 9.82. The van der Waals surface area contributed by atoms with Gasteiger partial charge >= 0.3 is 5.97 Å². The SMILES string of the molecule is COC(=O)c1ccc(CC(C)C(C)=O)cc1. The van der Waals surface area contributed by atoms with Crippen molar-refractivity contribution in [3.05, 3.63) is 35.4 Å². The molecule has 0 saturated carbocycles. The number of esters is 1. The molecule has 0 heterocycles. The van der Waals surface area contributed by atoms with Gasteiger partial charge in [0.25, 0.3) is 0 Å². The van der Waals surface area contributed by atoms with Crippen molar-refractivity contribution in [2.24, 2.45) is 5.92 Å². The molecule has 0 saturated heterocycles. The van der Waals surface area contributed by atoms with Gasteiger partial charge in [-0.15, -0.1) is 0 Å². The molecule has 0 aromatic heterocycles. The molecule has 86 valence electrons. The summed E-state index contributed by atoms with van der Waals surface area (Å²) in [5, 5.41) is 0. The largest absolute Gasteiger partial charge is 0.465 e. The van der Waals surface area contributed by atoms with Crippen molar-refractivity contribution in [3.8, 4) is 0 Å². The summed E-state index contributed by atoms with van der Waals surface area (Å²) in [5.41, 5.74) is 1.58. The maximum Gasteiger partial charge on any atom is 0.337 e. The van der Waals surface area contributed by atoms with Crippen LogP contribution in [0.15, 0.2) is 24.3 Å². The maximum atomic E-state index is 11.2. The van der Waals surface area contributed by atoms with E-state index < -0.39 is 0 Å². The zero-order chi connectivity index (χ0) is 12.1. The first-order valence-corrected chi connectivity index (χ1v) is 5.22. The molecule has 0 aliphatic heterocycles. The average molecular weight is 220 g/mol. The van der Waals surface area contributed by atoms with E-state index in [-0.39, 0.29) is 17.7 Å². The van der Waals surface area contributed by atoms with Crippen molar-refractivity contribution >= 4 is 11.8 Å². The molecule has 0 amide bonds. The van der Waals surface area contributed by atoms with Crippen LogP contribution in [0.25, 0.3) is 0 Å². The highest BCUT2D eigenvalue weighted by molar-refractivity contribution is 5.89. The van der Waals surface area contributed by atoms with E-state index in [0.717, 1.165) is 5.56 Å². The molecule has 0 spiro atoms. The fourth-order valence-corrected chi connectivity index (χ4v) is 1.39. The first-order valence-electron chi connectivity index (χ1n) is 5.22. The van der Waals surface area contributed by atoms with Crippen LogP contribution in [-0.4, -0.2) is 18.9 Å². The Morgan fingerprint density at radius 3 is 2.25 bits per heavy atom. The van der Waals surface area contributed by atoms with Gasteiger partial charge in [-0.05, 0) is 31.0 Å². The monoisotopic (exact) mass is 220 g/mol. The topological polar surface area (TPSA) is 43.4 Å². The molecule has 0 aliphatic rings. The molecule has 0 bridgehead atoms. The van der Waals surface area contributed by atoms with Crippen LogP contribution in [0.2, 0.25) is 0 Å². The van der Waals surface area contributed by atoms with Crippen LogP contribution in [0.1, 0.15) is 29.8 Å². The third-order valence-electron chi connectivity index (χ3n) is 2.61. The van der Waals surface area contributed by atoms with Gasteiger partial charge in [0.15, 0.2) is 0 Å². The average Bonchev–Trinajstić information content (AvgIpc) is 2.28. The van der Waals surface area contributed by atoms with Crippen molar-refractivity contribution < 1.29 is 14.3 Å². The molecule has 0 radical (unpaired) electrons. The molecule has 0 aliphatic carbocycles. The van der Waals surface area contributed by atoms with Crippen molar-refractivity contribution in [1.82, 2.24) is 0 Å². The van der Waals surface area contributed by atoms with Gasteiger partial charge in [0.05, 0.1) is 12.7 Å². The molecule has 3 heteroatoms. The van der Waals surface area contributed by atoms with Crippen molar-refractivity contribution in [3.63, 3.8) is 0 Å². The van der Waals surface area contributed by atoms with Crippen LogP contribution in [0.3, 0.4) is 0 Å². The number of hydrogen-bond donors (Lipinski definition) is 0. The van der Waals surface area contributed by atoms with Crippen molar-refractivity contribution in [2.75, 3.05) is 7.11 Å². The van der Waals surface area contributed by atoms with Crippen LogP contribution in [-0.2, 0) is 16.0 Å². The van der Waals surface area contributed by atoms with Gasteiger partial charge in [-0.3, -0.25) is 4.79 Å². The Morgan fingerprint density at radius 2 is 1.81 bits per heavy atom. The summed E-state index contributed by atoms with van der Waals surface area (Å²) >= 11 is 0. The number of ketones is 1. The minimum absolute atomic E-state index is 0.0176. The Bertz CT molecular complexity index is 379. The summed E-state index contributed by atoms with van der Waals surface area (Å²) in [7, 11) is 1.36. The smallest absolute Gasteiger partial charge is 0.337 e. The number of carbonyl (C=O) groups is 2. The first-order chi connectivity index (χ1) is 7.54. The van der Waals surface area contributed by atoms with Gasteiger partial charge in [-0.25, -0.2) is 4.79 Å². The van der Waals surface area contributed by atoms with Gasteiger partial charge in [0.2, 0.25) is 0 Å². The van der Waals surface area contributed by atoms with E-state index in [1.807, 2.05) is 19.1 Å². The number of hydrogen-bond acceptors (Lipinski definition) is 3. The molecule has 1 rings (SSSR count). The third-order valence-corrected chi connectivity index (χ3v) is 2.61. The Balaban J connectivity index is 2.72. The van der Waals surface area contributed by atoms with Crippen LogP contribution in [0.5, 0.6) is 0 Å². The predicted octanol–water partition coefficient (Wildman–Crippen LogP) is 2.24. The third kappa shape index (κ3) is 3.19. The fraction of sp³-hybridized carbons (Fsp3) is 0.385. The molecule has 1 atom stereocenters. The number of rotatable bonds is 4. The van der Waals surface area contributed by atoms with Crippen LogP contribution < -0.4 is 0 Å². The number of methoxy groups -OCH3 is 1. The lowest BCUT2D eigenvalue weighted by molar-refractivity contribution is -0.120. The molecule has 0 fully saturated rings. The molecule has 1 aromatic rings. The van der Waals surface area contributed by atoms with Gasteiger partial charge in [-0.2, -0.15) is 0 Å². The highest BCUT2D eigenvalue weighted by Crippen LogP contribution is 2.11. The number of benzene rings is 1. The van der Waals surface area contributed by atoms with Crippen LogP contribution in [0.4, 0.5) is 0 Å². The van der Waals surface area contributed by atoms with Crippen molar-refractivity contribution in [1.29, 1.82) is 0 Å². The molecular formula is C13H16O3. The lowest BCUT2D eigenvalue weighted by Gasteiger charge is -2.07. The highest BCUT2D eigenvalue weighted by Gasteiger charge is 2.09. The van der Waals surface area contributed by atoms with Crippen LogP contribution >= 0.6 is 0 Å². The van der Waals surface area contributed by atoms with E-state index in [2.05, 4.69) is 4.74 Å². The van der Waals surface area contributed by atoms with Crippen molar-refractivity contribution in [2.45, 2.75) is 20.3 Å². The summed E-state index contributed by atoms with van der Waals surface area (Å²) in [5.74, 6) is -0.146. The van der Waals surface area contributed by atoms with Gasteiger partial charge in [0, 0.05) is 5.92 Å². The van der Waals surface area contributed by atoms with E-state index in [1.54, 1.807) is 19.1 Å². The Hall–Kier alpha value is -1.64. The van der Waals surface area contributed by atoms with E-state index in [9.17, 15) is 9.59 Å². The predicted molar refractivity (Wildman–Crippen MR) is 61.3 cm³/mol. The standard InChI is InChI=1S/C13H16O3/c1-9(10(2)14)8-11-4-6-12(7-5-11)13(15)16-3/h4-7,9H,8H2,1-3H3. The summed E-state index contributed by atoms with van der Waals surface area (Å²) in [6.07, 6.45) is 0.705. The van der Waals surface area contributed by atoms with E-state index in [0.29, 0.717) is 12.0 Å². The van der Waals surface area contributed by atoms with E-state index in [1.165, 1.54) is 7.11 Å². The second-order valence-electron chi connectivity index (χ2n) is 3.90. The molecule has 1 aromatic carbocycles. The van der Waals surface area contributed by atoms with Gasteiger partial charge < -0.3 is 4.74 Å². The Labute approximate surface area is 95.4 Å². The normalized spacial score (nSPS) is 11.9. The Morgan fingerprint density at radius 1 is 1.25 bits per heavy atom. The highest BCUT2D eigenvalue weighted by atomic mass is 16.5.